The number of carbonyl (C=O) groups excluding carboxylic acids is 2. The van der Waals surface area contributed by atoms with Crippen molar-refractivity contribution in [2.75, 3.05) is 6.61 Å². The van der Waals surface area contributed by atoms with Crippen molar-refractivity contribution in [1.82, 2.24) is 0 Å². The summed E-state index contributed by atoms with van der Waals surface area (Å²) in [5, 5.41) is 0. The first-order valence-electron chi connectivity index (χ1n) is 10.8. The normalized spacial score (nSPS) is 10.9. The Bertz CT molecular complexity index is 804. The van der Waals surface area contributed by atoms with Crippen LogP contribution in [-0.4, -0.2) is 18.4 Å². The zero-order valence-electron chi connectivity index (χ0n) is 18.1. The molecule has 0 unspecified atom stereocenters. The molecule has 0 radical (unpaired) electrons. The summed E-state index contributed by atoms with van der Waals surface area (Å²) in [5.74, 6) is 0.752. The van der Waals surface area contributed by atoms with Crippen LogP contribution in [-0.2, 0) is 4.79 Å². The van der Waals surface area contributed by atoms with Gasteiger partial charge in [-0.25, -0.2) is 4.79 Å². The summed E-state index contributed by atoms with van der Waals surface area (Å²) in [6.07, 6.45) is 11.9. The van der Waals surface area contributed by atoms with E-state index in [1.807, 2.05) is 24.3 Å². The highest BCUT2D eigenvalue weighted by molar-refractivity contribution is 5.94. The van der Waals surface area contributed by atoms with Crippen molar-refractivity contribution in [2.24, 2.45) is 0 Å². The lowest BCUT2D eigenvalue weighted by Gasteiger charge is -2.06. The Kier molecular flexibility index (Phi) is 10.4. The highest BCUT2D eigenvalue weighted by Gasteiger charge is 2.03. The fourth-order valence-electron chi connectivity index (χ4n) is 3.00. The van der Waals surface area contributed by atoms with Crippen LogP contribution >= 0.6 is 0 Å². The second-order valence-corrected chi connectivity index (χ2v) is 7.37. The molecule has 0 spiro atoms. The highest BCUT2D eigenvalue weighted by Crippen LogP contribution is 2.16. The number of ketones is 1. The number of unbranched alkanes of at least 4 members (excludes halogenated alkanes) is 6. The van der Waals surface area contributed by atoms with Crippen LogP contribution in [0.1, 0.15) is 74.7 Å². The second-order valence-electron chi connectivity index (χ2n) is 7.37. The van der Waals surface area contributed by atoms with E-state index in [1.54, 1.807) is 30.3 Å². The van der Waals surface area contributed by atoms with Crippen LogP contribution in [0.2, 0.25) is 0 Å². The fourth-order valence-corrected chi connectivity index (χ4v) is 3.00. The third-order valence-electron chi connectivity index (χ3n) is 4.79. The Balaban J connectivity index is 1.69. The molecular formula is C26H32O4. The number of carbonyl (C=O) groups is 2. The smallest absolute Gasteiger partial charge is 0.336 e. The van der Waals surface area contributed by atoms with Crippen molar-refractivity contribution < 1.29 is 19.1 Å². The number of hydrogen-bond donors (Lipinski definition) is 0. The van der Waals surface area contributed by atoms with Gasteiger partial charge >= 0.3 is 5.97 Å². The fraction of sp³-hybridized carbons (Fsp3) is 0.385. The van der Waals surface area contributed by atoms with E-state index >= 15 is 0 Å². The number of rotatable bonds is 13. The molecule has 2 aromatic rings. The first-order chi connectivity index (χ1) is 14.6. The molecule has 0 saturated heterocycles. The molecule has 0 saturated carbocycles. The third kappa shape index (κ3) is 9.08. The van der Waals surface area contributed by atoms with Crippen molar-refractivity contribution >= 4 is 17.8 Å². The quantitative estimate of drug-likeness (QED) is 0.123. The van der Waals surface area contributed by atoms with Crippen molar-refractivity contribution in [1.29, 1.82) is 0 Å². The number of hydrogen-bond acceptors (Lipinski definition) is 4. The first-order valence-corrected chi connectivity index (χ1v) is 10.8. The zero-order chi connectivity index (χ0) is 21.6. The lowest BCUT2D eigenvalue weighted by atomic mass is 10.1. The summed E-state index contributed by atoms with van der Waals surface area (Å²) in [6, 6.07) is 14.1. The van der Waals surface area contributed by atoms with E-state index in [0.29, 0.717) is 11.3 Å². The third-order valence-corrected chi connectivity index (χ3v) is 4.79. The Morgan fingerprint density at radius 1 is 0.800 bits per heavy atom. The Labute approximate surface area is 179 Å². The number of benzene rings is 2. The Hall–Kier alpha value is -2.88. The van der Waals surface area contributed by atoms with Gasteiger partial charge in [0.1, 0.15) is 11.5 Å². The average molecular weight is 409 g/mol. The minimum absolute atomic E-state index is 0.0254. The lowest BCUT2D eigenvalue weighted by Crippen LogP contribution is -2.04. The van der Waals surface area contributed by atoms with E-state index in [4.69, 9.17) is 9.47 Å². The Morgan fingerprint density at radius 3 is 2.03 bits per heavy atom. The number of esters is 1. The highest BCUT2D eigenvalue weighted by atomic mass is 16.5. The number of Topliss-reactive ketones (excluding diaryl/α,β-unsaturated/α-hetero) is 1. The summed E-state index contributed by atoms with van der Waals surface area (Å²) in [6.45, 7) is 4.46. The molecule has 160 valence electrons. The van der Waals surface area contributed by atoms with E-state index in [-0.39, 0.29) is 5.78 Å². The minimum atomic E-state index is -0.468. The van der Waals surface area contributed by atoms with Gasteiger partial charge in [-0.1, -0.05) is 57.6 Å². The molecule has 0 aliphatic rings. The van der Waals surface area contributed by atoms with Crippen molar-refractivity contribution in [3.63, 3.8) is 0 Å². The monoisotopic (exact) mass is 408 g/mol. The molecule has 0 bridgehead atoms. The maximum Gasteiger partial charge on any atom is 0.336 e. The molecule has 4 heteroatoms. The SMILES string of the molecule is CCCCCCCCCOc1ccc(/C=C/C(=O)Oc2ccc(C(C)=O)cc2)cc1. The van der Waals surface area contributed by atoms with Crippen molar-refractivity contribution in [3.05, 3.63) is 65.7 Å². The van der Waals surface area contributed by atoms with Gasteiger partial charge in [0.05, 0.1) is 6.61 Å². The van der Waals surface area contributed by atoms with Gasteiger partial charge in [0.15, 0.2) is 5.78 Å². The van der Waals surface area contributed by atoms with Gasteiger partial charge < -0.3 is 9.47 Å². The van der Waals surface area contributed by atoms with Gasteiger partial charge in [-0.15, -0.1) is 0 Å². The van der Waals surface area contributed by atoms with Crippen LogP contribution < -0.4 is 9.47 Å². The molecule has 0 atom stereocenters. The first kappa shape index (κ1) is 23.4. The number of ether oxygens (including phenoxy) is 2. The molecule has 2 rings (SSSR count). The van der Waals surface area contributed by atoms with Crippen LogP contribution in [0.25, 0.3) is 6.08 Å². The summed E-state index contributed by atoms with van der Waals surface area (Å²) in [4.78, 5) is 23.2. The standard InChI is InChI=1S/C26H32O4/c1-3-4-5-6-7-8-9-20-29-24-15-10-22(11-16-24)12-19-26(28)30-25-17-13-23(14-18-25)21(2)27/h10-19H,3-9,20H2,1-2H3/b19-12+. The second kappa shape index (κ2) is 13.4. The predicted octanol–water partition coefficient (Wildman–Crippen LogP) is 6.64. The predicted molar refractivity (Wildman–Crippen MR) is 121 cm³/mol. The van der Waals surface area contributed by atoms with Gasteiger partial charge in [0.2, 0.25) is 0 Å². The zero-order valence-corrected chi connectivity index (χ0v) is 18.1. The molecule has 0 N–H and O–H groups in total. The molecule has 0 aliphatic heterocycles. The van der Waals surface area contributed by atoms with E-state index in [1.165, 1.54) is 51.5 Å². The molecule has 4 nitrogen and oxygen atoms in total. The summed E-state index contributed by atoms with van der Waals surface area (Å²) in [5.41, 5.74) is 1.47. The molecule has 30 heavy (non-hydrogen) atoms. The van der Waals surface area contributed by atoms with Gasteiger partial charge in [0.25, 0.3) is 0 Å². The molecule has 0 fully saturated rings. The maximum atomic E-state index is 12.0. The molecule has 0 amide bonds. The van der Waals surface area contributed by atoms with Gasteiger partial charge in [-0.05, 0) is 61.4 Å². The van der Waals surface area contributed by atoms with Crippen LogP contribution in [0.15, 0.2) is 54.6 Å². The Morgan fingerprint density at radius 2 is 1.40 bits per heavy atom. The average Bonchev–Trinajstić information content (AvgIpc) is 2.75. The van der Waals surface area contributed by atoms with Crippen LogP contribution in [0, 0.1) is 0 Å². The van der Waals surface area contributed by atoms with Crippen molar-refractivity contribution in [2.45, 2.75) is 58.8 Å². The van der Waals surface area contributed by atoms with E-state index in [9.17, 15) is 9.59 Å². The van der Waals surface area contributed by atoms with Crippen molar-refractivity contribution in [3.8, 4) is 11.5 Å². The van der Waals surface area contributed by atoms with Crippen LogP contribution in [0.3, 0.4) is 0 Å². The molecule has 0 aliphatic carbocycles. The van der Waals surface area contributed by atoms with Gasteiger partial charge in [-0.2, -0.15) is 0 Å². The maximum absolute atomic E-state index is 12.0. The van der Waals surface area contributed by atoms with E-state index in [2.05, 4.69) is 6.92 Å². The largest absolute Gasteiger partial charge is 0.494 e. The minimum Gasteiger partial charge on any atom is -0.494 e. The summed E-state index contributed by atoms with van der Waals surface area (Å²) >= 11 is 0. The molecule has 0 heterocycles. The van der Waals surface area contributed by atoms with E-state index in [0.717, 1.165) is 24.3 Å². The molecular weight excluding hydrogens is 376 g/mol. The van der Waals surface area contributed by atoms with Crippen LogP contribution in [0.5, 0.6) is 11.5 Å². The summed E-state index contributed by atoms with van der Waals surface area (Å²) < 4.78 is 11.0. The van der Waals surface area contributed by atoms with E-state index < -0.39 is 5.97 Å². The van der Waals surface area contributed by atoms with Gasteiger partial charge in [0, 0.05) is 11.6 Å². The lowest BCUT2D eigenvalue weighted by molar-refractivity contribution is -0.128. The van der Waals surface area contributed by atoms with Crippen LogP contribution in [0.4, 0.5) is 0 Å². The summed E-state index contributed by atoms with van der Waals surface area (Å²) in [7, 11) is 0. The topological polar surface area (TPSA) is 52.6 Å². The molecule has 2 aromatic carbocycles. The van der Waals surface area contributed by atoms with Gasteiger partial charge in [-0.3, -0.25) is 4.79 Å². The molecule has 0 aromatic heterocycles.